The number of anilines is 1. The molecule has 0 saturated carbocycles. The normalized spacial score (nSPS) is 19.8. The fourth-order valence-corrected chi connectivity index (χ4v) is 2.03. The molecule has 4 heteroatoms. The van der Waals surface area contributed by atoms with Gasteiger partial charge in [0.05, 0.1) is 16.8 Å². The van der Waals surface area contributed by atoms with Crippen LogP contribution in [0.25, 0.3) is 0 Å². The van der Waals surface area contributed by atoms with Crippen LogP contribution in [0.15, 0.2) is 18.2 Å². The van der Waals surface area contributed by atoms with Gasteiger partial charge in [0.2, 0.25) is 5.91 Å². The van der Waals surface area contributed by atoms with Crippen molar-refractivity contribution in [3.8, 4) is 0 Å². The van der Waals surface area contributed by atoms with Crippen molar-refractivity contribution in [2.24, 2.45) is 0 Å². The van der Waals surface area contributed by atoms with Crippen LogP contribution < -0.4 is 10.6 Å². The van der Waals surface area contributed by atoms with Crippen molar-refractivity contribution in [3.63, 3.8) is 0 Å². The number of benzene rings is 1. The average molecular weight is 239 g/mol. The summed E-state index contributed by atoms with van der Waals surface area (Å²) in [5.41, 5.74) is 1.78. The molecule has 1 atom stereocenters. The second kappa shape index (κ2) is 4.85. The maximum absolute atomic E-state index is 11.8. The van der Waals surface area contributed by atoms with E-state index < -0.39 is 0 Å². The van der Waals surface area contributed by atoms with Gasteiger partial charge in [0.15, 0.2) is 0 Å². The SMILES string of the molecule is Cc1ccc(Cl)c(NC(=O)[C@@H]2CCCN2)c1. The molecule has 1 amide bonds. The van der Waals surface area contributed by atoms with Gasteiger partial charge in [0.25, 0.3) is 0 Å². The molecule has 1 fully saturated rings. The van der Waals surface area contributed by atoms with Crippen LogP contribution in [-0.4, -0.2) is 18.5 Å². The topological polar surface area (TPSA) is 41.1 Å². The zero-order chi connectivity index (χ0) is 11.5. The number of rotatable bonds is 2. The molecule has 0 bridgehead atoms. The molecular formula is C12H15ClN2O. The van der Waals surface area contributed by atoms with Gasteiger partial charge in [-0.25, -0.2) is 0 Å². The Morgan fingerprint density at radius 1 is 1.56 bits per heavy atom. The molecule has 86 valence electrons. The van der Waals surface area contributed by atoms with Gasteiger partial charge in [-0.3, -0.25) is 4.79 Å². The molecule has 0 spiro atoms. The first-order valence-corrected chi connectivity index (χ1v) is 5.85. The highest BCUT2D eigenvalue weighted by atomic mass is 35.5. The van der Waals surface area contributed by atoms with Crippen molar-refractivity contribution in [1.29, 1.82) is 0 Å². The number of carbonyl (C=O) groups is 1. The Bertz CT molecular complexity index is 400. The van der Waals surface area contributed by atoms with Gasteiger partial charge >= 0.3 is 0 Å². The van der Waals surface area contributed by atoms with Crippen LogP contribution in [0, 0.1) is 6.92 Å². The summed E-state index contributed by atoms with van der Waals surface area (Å²) in [6.07, 6.45) is 1.95. The van der Waals surface area contributed by atoms with Gasteiger partial charge in [-0.2, -0.15) is 0 Å². The predicted molar refractivity (Wildman–Crippen MR) is 65.8 cm³/mol. The Kier molecular flexibility index (Phi) is 3.46. The first-order chi connectivity index (χ1) is 7.66. The van der Waals surface area contributed by atoms with Crippen molar-refractivity contribution < 1.29 is 4.79 Å². The summed E-state index contributed by atoms with van der Waals surface area (Å²) in [5, 5.41) is 6.60. The molecule has 2 rings (SSSR count). The van der Waals surface area contributed by atoms with Crippen molar-refractivity contribution in [3.05, 3.63) is 28.8 Å². The van der Waals surface area contributed by atoms with Crippen LogP contribution in [0.5, 0.6) is 0 Å². The van der Waals surface area contributed by atoms with Crippen LogP contribution in [0.4, 0.5) is 5.69 Å². The highest BCUT2D eigenvalue weighted by Gasteiger charge is 2.22. The lowest BCUT2D eigenvalue weighted by atomic mass is 10.2. The summed E-state index contributed by atoms with van der Waals surface area (Å²) in [5.74, 6) is 0.00463. The lowest BCUT2D eigenvalue weighted by molar-refractivity contribution is -0.117. The minimum Gasteiger partial charge on any atom is -0.323 e. The fraction of sp³-hybridized carbons (Fsp3) is 0.417. The Morgan fingerprint density at radius 2 is 2.38 bits per heavy atom. The maximum Gasteiger partial charge on any atom is 0.241 e. The summed E-state index contributed by atoms with van der Waals surface area (Å²) in [6.45, 7) is 2.89. The Hall–Kier alpha value is -1.06. The summed E-state index contributed by atoms with van der Waals surface area (Å²) in [4.78, 5) is 11.8. The van der Waals surface area contributed by atoms with Gasteiger partial charge in [-0.05, 0) is 44.0 Å². The van der Waals surface area contributed by atoms with Gasteiger partial charge in [-0.15, -0.1) is 0 Å². The van der Waals surface area contributed by atoms with E-state index in [9.17, 15) is 4.79 Å². The summed E-state index contributed by atoms with van der Waals surface area (Å²) >= 11 is 6.01. The van der Waals surface area contributed by atoms with Gasteiger partial charge in [0, 0.05) is 0 Å². The van der Waals surface area contributed by atoms with Crippen molar-refractivity contribution in [2.75, 3.05) is 11.9 Å². The molecule has 2 N–H and O–H groups in total. The zero-order valence-electron chi connectivity index (χ0n) is 9.22. The molecule has 0 aliphatic carbocycles. The van der Waals surface area contributed by atoms with Crippen molar-refractivity contribution >= 4 is 23.2 Å². The number of halogens is 1. The lowest BCUT2D eigenvalue weighted by Crippen LogP contribution is -2.35. The predicted octanol–water partition coefficient (Wildman–Crippen LogP) is 2.34. The molecule has 0 radical (unpaired) electrons. The number of aryl methyl sites for hydroxylation is 1. The van der Waals surface area contributed by atoms with E-state index in [-0.39, 0.29) is 11.9 Å². The minimum atomic E-state index is -0.0726. The molecule has 1 aliphatic heterocycles. The number of hydrogen-bond donors (Lipinski definition) is 2. The molecule has 16 heavy (non-hydrogen) atoms. The highest BCUT2D eigenvalue weighted by Crippen LogP contribution is 2.23. The van der Waals surface area contributed by atoms with Gasteiger partial charge < -0.3 is 10.6 Å². The molecule has 1 saturated heterocycles. The van der Waals surface area contributed by atoms with E-state index >= 15 is 0 Å². The average Bonchev–Trinajstić information content (AvgIpc) is 2.76. The van der Waals surface area contributed by atoms with E-state index in [0.29, 0.717) is 10.7 Å². The summed E-state index contributed by atoms with van der Waals surface area (Å²) < 4.78 is 0. The third kappa shape index (κ3) is 2.54. The molecular weight excluding hydrogens is 224 g/mol. The van der Waals surface area contributed by atoms with Gasteiger partial charge in [-0.1, -0.05) is 17.7 Å². The first-order valence-electron chi connectivity index (χ1n) is 5.47. The maximum atomic E-state index is 11.8. The van der Waals surface area contributed by atoms with Crippen LogP contribution in [0.2, 0.25) is 5.02 Å². The highest BCUT2D eigenvalue weighted by molar-refractivity contribution is 6.33. The number of carbonyl (C=O) groups excluding carboxylic acids is 1. The molecule has 0 unspecified atom stereocenters. The number of hydrogen-bond acceptors (Lipinski definition) is 2. The van der Waals surface area contributed by atoms with Crippen molar-refractivity contribution in [1.82, 2.24) is 5.32 Å². The molecule has 3 nitrogen and oxygen atoms in total. The van der Waals surface area contributed by atoms with E-state index in [1.807, 2.05) is 19.1 Å². The number of amides is 1. The summed E-state index contributed by atoms with van der Waals surface area (Å²) in [7, 11) is 0. The second-order valence-corrected chi connectivity index (χ2v) is 4.53. The van der Waals surface area contributed by atoms with E-state index in [1.54, 1.807) is 6.07 Å². The second-order valence-electron chi connectivity index (χ2n) is 4.12. The molecule has 1 aromatic carbocycles. The van der Waals surface area contributed by atoms with Crippen LogP contribution >= 0.6 is 11.6 Å². The minimum absolute atomic E-state index is 0.00463. The Balaban J connectivity index is 2.07. The lowest BCUT2D eigenvalue weighted by Gasteiger charge is -2.12. The zero-order valence-corrected chi connectivity index (χ0v) is 9.97. The number of nitrogens with one attached hydrogen (secondary N) is 2. The third-order valence-electron chi connectivity index (χ3n) is 2.76. The molecule has 0 aromatic heterocycles. The van der Waals surface area contributed by atoms with Crippen LogP contribution in [0.1, 0.15) is 18.4 Å². The largest absolute Gasteiger partial charge is 0.323 e. The first kappa shape index (κ1) is 11.4. The van der Waals surface area contributed by atoms with E-state index in [4.69, 9.17) is 11.6 Å². The standard InChI is InChI=1S/C12H15ClN2O/c1-8-4-5-9(13)11(7-8)15-12(16)10-3-2-6-14-10/h4-5,7,10,14H,2-3,6H2,1H3,(H,15,16)/t10-/m0/s1. The van der Waals surface area contributed by atoms with E-state index in [0.717, 1.165) is 24.9 Å². The quantitative estimate of drug-likeness (QED) is 0.831. The summed E-state index contributed by atoms with van der Waals surface area (Å²) in [6, 6.07) is 5.53. The monoisotopic (exact) mass is 238 g/mol. The Labute approximate surface area is 100 Å². The Morgan fingerprint density at radius 3 is 3.06 bits per heavy atom. The van der Waals surface area contributed by atoms with E-state index in [1.165, 1.54) is 0 Å². The molecule has 1 heterocycles. The van der Waals surface area contributed by atoms with Crippen LogP contribution in [0.3, 0.4) is 0 Å². The van der Waals surface area contributed by atoms with Crippen molar-refractivity contribution in [2.45, 2.75) is 25.8 Å². The van der Waals surface area contributed by atoms with E-state index in [2.05, 4.69) is 10.6 Å². The molecule has 1 aliphatic rings. The third-order valence-corrected chi connectivity index (χ3v) is 3.09. The van der Waals surface area contributed by atoms with Gasteiger partial charge in [0.1, 0.15) is 0 Å². The smallest absolute Gasteiger partial charge is 0.241 e. The fourth-order valence-electron chi connectivity index (χ4n) is 1.86. The molecule has 1 aromatic rings. The van der Waals surface area contributed by atoms with Crippen LogP contribution in [-0.2, 0) is 4.79 Å².